The summed E-state index contributed by atoms with van der Waals surface area (Å²) in [6.45, 7) is 5.07. The second-order valence-corrected chi connectivity index (χ2v) is 11.6. The van der Waals surface area contributed by atoms with Crippen molar-refractivity contribution >= 4 is 28.3 Å². The fourth-order valence-electron chi connectivity index (χ4n) is 6.29. The van der Waals surface area contributed by atoms with E-state index in [9.17, 15) is 13.6 Å². The second kappa shape index (κ2) is 11.0. The van der Waals surface area contributed by atoms with E-state index in [1.165, 1.54) is 5.56 Å². The van der Waals surface area contributed by atoms with Gasteiger partial charge in [0.1, 0.15) is 11.4 Å². The standard InChI is InChI=1S/C29H34ClF2N7O/c1-18-14-20(19-5-11-38(12-6-19)22-2-7-29(31,32)8-3-22)15-24-26(18)37-27(36-24)25-23(4-9-34-28(25)40)33-10-13-39-17-21(30)16-35-39/h4,9,14-17,19,22H,2-3,5-8,10-13H2,1H3,(H,36,37)(H2,33,34,40). The molecule has 8 nitrogen and oxygen atoms in total. The molecule has 3 aromatic heterocycles. The van der Waals surface area contributed by atoms with Gasteiger partial charge in [-0.05, 0) is 74.9 Å². The number of hydrogen-bond donors (Lipinski definition) is 3. The maximum atomic E-state index is 13.6. The first-order valence-electron chi connectivity index (χ1n) is 14.0. The number of pyridine rings is 1. The molecule has 212 valence electrons. The van der Waals surface area contributed by atoms with Gasteiger partial charge in [-0.15, -0.1) is 0 Å². The molecule has 0 atom stereocenters. The quantitative estimate of drug-likeness (QED) is 0.256. The molecular weight excluding hydrogens is 536 g/mol. The van der Waals surface area contributed by atoms with Crippen LogP contribution in [0.5, 0.6) is 0 Å². The Balaban J connectivity index is 1.17. The number of nitrogens with zero attached hydrogens (tertiary/aromatic N) is 4. The van der Waals surface area contributed by atoms with Crippen molar-refractivity contribution in [2.75, 3.05) is 25.0 Å². The summed E-state index contributed by atoms with van der Waals surface area (Å²) in [4.78, 5) is 26.3. The Labute approximate surface area is 236 Å². The normalized spacial score (nSPS) is 18.9. The monoisotopic (exact) mass is 569 g/mol. The van der Waals surface area contributed by atoms with Crippen molar-refractivity contribution in [2.24, 2.45) is 0 Å². The van der Waals surface area contributed by atoms with Gasteiger partial charge in [-0.2, -0.15) is 5.10 Å². The molecule has 0 unspecified atom stereocenters. The number of aryl methyl sites for hydroxylation is 1. The summed E-state index contributed by atoms with van der Waals surface area (Å²) in [5.41, 5.74) is 4.99. The Morgan fingerprint density at radius 1 is 1.18 bits per heavy atom. The molecule has 0 bridgehead atoms. The molecule has 0 amide bonds. The molecule has 1 aliphatic heterocycles. The first-order chi connectivity index (χ1) is 19.3. The lowest BCUT2D eigenvalue weighted by atomic mass is 9.85. The molecule has 1 aromatic carbocycles. The number of rotatable bonds is 7. The first-order valence-corrected chi connectivity index (χ1v) is 14.4. The van der Waals surface area contributed by atoms with Crippen molar-refractivity contribution in [3.8, 4) is 11.4 Å². The third-order valence-corrected chi connectivity index (χ3v) is 8.65. The Morgan fingerprint density at radius 2 is 1.95 bits per heavy atom. The number of hydrogen-bond acceptors (Lipinski definition) is 5. The van der Waals surface area contributed by atoms with E-state index in [-0.39, 0.29) is 24.4 Å². The zero-order chi connectivity index (χ0) is 27.9. The summed E-state index contributed by atoms with van der Waals surface area (Å²) in [5, 5.41) is 8.11. The molecule has 1 saturated heterocycles. The number of alkyl halides is 2. The van der Waals surface area contributed by atoms with Crippen LogP contribution < -0.4 is 10.9 Å². The van der Waals surface area contributed by atoms with Gasteiger partial charge in [-0.3, -0.25) is 9.48 Å². The highest BCUT2D eigenvalue weighted by molar-refractivity contribution is 6.30. The highest BCUT2D eigenvalue weighted by Crippen LogP contribution is 2.38. The minimum atomic E-state index is -2.48. The predicted octanol–water partition coefficient (Wildman–Crippen LogP) is 5.95. The molecule has 11 heteroatoms. The lowest BCUT2D eigenvalue weighted by Gasteiger charge is -2.41. The highest BCUT2D eigenvalue weighted by atomic mass is 35.5. The number of aromatic nitrogens is 5. The van der Waals surface area contributed by atoms with E-state index >= 15 is 0 Å². The minimum Gasteiger partial charge on any atom is -0.382 e. The van der Waals surface area contributed by atoms with Crippen LogP contribution in [0.15, 0.2) is 41.6 Å². The van der Waals surface area contributed by atoms with Crippen LogP contribution in [-0.4, -0.2) is 61.2 Å². The van der Waals surface area contributed by atoms with Crippen LogP contribution in [0.4, 0.5) is 14.5 Å². The van der Waals surface area contributed by atoms with Gasteiger partial charge in [0.2, 0.25) is 5.92 Å². The third-order valence-electron chi connectivity index (χ3n) is 8.46. The smallest absolute Gasteiger partial charge is 0.261 e. The van der Waals surface area contributed by atoms with Crippen molar-refractivity contribution in [2.45, 2.75) is 69.9 Å². The van der Waals surface area contributed by atoms with Crippen LogP contribution >= 0.6 is 11.6 Å². The summed E-state index contributed by atoms with van der Waals surface area (Å²) in [7, 11) is 0. The molecule has 1 aliphatic carbocycles. The van der Waals surface area contributed by atoms with Gasteiger partial charge < -0.3 is 20.2 Å². The van der Waals surface area contributed by atoms with Gasteiger partial charge in [0.15, 0.2) is 0 Å². The SMILES string of the molecule is Cc1cc(C2CCN(C3CCC(F)(F)CC3)CC2)cc2[nH]c(-c3c(NCCn4cc(Cl)cn4)cc[nH]c3=O)nc12. The fraction of sp³-hybridized carbons (Fsp3) is 0.483. The number of aromatic amines is 2. The Kier molecular flexibility index (Phi) is 7.39. The maximum absolute atomic E-state index is 13.6. The van der Waals surface area contributed by atoms with Crippen LogP contribution in [0.25, 0.3) is 22.4 Å². The number of fused-ring (bicyclic) bond motifs is 1. The molecule has 0 spiro atoms. The van der Waals surface area contributed by atoms with E-state index in [1.54, 1.807) is 23.3 Å². The second-order valence-electron chi connectivity index (χ2n) is 11.2. The first kappa shape index (κ1) is 27.0. The van der Waals surface area contributed by atoms with Gasteiger partial charge >= 0.3 is 0 Å². The largest absolute Gasteiger partial charge is 0.382 e. The number of halogens is 3. The highest BCUT2D eigenvalue weighted by Gasteiger charge is 2.37. The molecule has 2 fully saturated rings. The van der Waals surface area contributed by atoms with Gasteiger partial charge in [0, 0.05) is 37.8 Å². The van der Waals surface area contributed by atoms with Crippen molar-refractivity contribution in [1.82, 2.24) is 29.6 Å². The van der Waals surface area contributed by atoms with Crippen LogP contribution in [0.1, 0.15) is 55.6 Å². The molecule has 1 saturated carbocycles. The van der Waals surface area contributed by atoms with Crippen molar-refractivity contribution in [1.29, 1.82) is 0 Å². The molecule has 3 N–H and O–H groups in total. The lowest BCUT2D eigenvalue weighted by molar-refractivity contribution is -0.0558. The van der Waals surface area contributed by atoms with E-state index in [4.69, 9.17) is 16.6 Å². The Hall–Kier alpha value is -3.24. The molecule has 4 aromatic rings. The van der Waals surface area contributed by atoms with Crippen LogP contribution in [0.2, 0.25) is 5.02 Å². The molecule has 4 heterocycles. The van der Waals surface area contributed by atoms with Crippen molar-refractivity contribution in [3.05, 3.63) is 63.3 Å². The van der Waals surface area contributed by atoms with Crippen LogP contribution in [0.3, 0.4) is 0 Å². The van der Waals surface area contributed by atoms with Crippen LogP contribution in [-0.2, 0) is 6.54 Å². The molecular formula is C29H34ClF2N7O. The Bertz CT molecular complexity index is 1540. The molecule has 2 aliphatic rings. The Morgan fingerprint density at radius 3 is 2.67 bits per heavy atom. The number of likely N-dealkylation sites (tertiary alicyclic amines) is 1. The van der Waals surface area contributed by atoms with E-state index in [1.807, 2.05) is 6.07 Å². The lowest BCUT2D eigenvalue weighted by Crippen LogP contribution is -2.44. The topological polar surface area (TPSA) is 94.6 Å². The van der Waals surface area contributed by atoms with Crippen molar-refractivity contribution in [3.63, 3.8) is 0 Å². The number of benzene rings is 1. The van der Waals surface area contributed by atoms with E-state index in [0.29, 0.717) is 53.9 Å². The summed E-state index contributed by atoms with van der Waals surface area (Å²) >= 11 is 5.96. The fourth-order valence-corrected chi connectivity index (χ4v) is 6.44. The zero-order valence-electron chi connectivity index (χ0n) is 22.5. The van der Waals surface area contributed by atoms with Gasteiger partial charge in [-0.1, -0.05) is 17.7 Å². The van der Waals surface area contributed by atoms with Gasteiger partial charge in [0.25, 0.3) is 5.56 Å². The predicted molar refractivity (Wildman–Crippen MR) is 153 cm³/mol. The zero-order valence-corrected chi connectivity index (χ0v) is 23.3. The number of piperidine rings is 1. The van der Waals surface area contributed by atoms with Gasteiger partial charge in [0.05, 0.1) is 34.5 Å². The third kappa shape index (κ3) is 5.65. The number of anilines is 1. The molecule has 40 heavy (non-hydrogen) atoms. The average molecular weight is 570 g/mol. The van der Waals surface area contributed by atoms with E-state index in [2.05, 4.69) is 44.3 Å². The van der Waals surface area contributed by atoms with E-state index in [0.717, 1.165) is 42.5 Å². The number of H-pyrrole nitrogens is 2. The minimum absolute atomic E-state index is 0.0102. The van der Waals surface area contributed by atoms with Crippen molar-refractivity contribution < 1.29 is 8.78 Å². The molecule has 6 rings (SSSR count). The average Bonchev–Trinajstić information content (AvgIpc) is 3.55. The van der Waals surface area contributed by atoms with E-state index < -0.39 is 5.92 Å². The van der Waals surface area contributed by atoms with Crippen LogP contribution in [0, 0.1) is 6.92 Å². The summed E-state index contributed by atoms with van der Waals surface area (Å²) in [6, 6.07) is 6.48. The van der Waals surface area contributed by atoms with Gasteiger partial charge in [-0.25, -0.2) is 13.8 Å². The summed E-state index contributed by atoms with van der Waals surface area (Å²) < 4.78 is 29.0. The number of nitrogens with one attached hydrogen (secondary N) is 3. The molecule has 0 radical (unpaired) electrons. The maximum Gasteiger partial charge on any atom is 0.261 e. The number of imidazole rings is 1. The summed E-state index contributed by atoms with van der Waals surface area (Å²) in [5.74, 6) is -1.56. The summed E-state index contributed by atoms with van der Waals surface area (Å²) in [6.07, 6.45) is 8.18.